The smallest absolute Gasteiger partial charge is 0.231 e. The SMILES string of the molecule is COc1ccc2cc3[n+](cc2c1OC1O[C@H](CO)[C@@H](O)[C@H](O)[C@H]1O)CCc1cc2c(cc1-3)OCO2.[Cl-]. The largest absolute Gasteiger partial charge is 1.00 e. The third-order valence-corrected chi connectivity index (χ3v) is 6.88. The summed E-state index contributed by atoms with van der Waals surface area (Å²) in [5.74, 6) is 2.22. The van der Waals surface area contributed by atoms with Crippen molar-refractivity contribution in [1.29, 1.82) is 0 Å². The third-order valence-electron chi connectivity index (χ3n) is 6.88. The average molecular weight is 520 g/mol. The van der Waals surface area contributed by atoms with E-state index in [0.29, 0.717) is 16.9 Å². The van der Waals surface area contributed by atoms with Crippen LogP contribution in [-0.4, -0.2) is 71.6 Å². The summed E-state index contributed by atoms with van der Waals surface area (Å²) in [6, 6.07) is 9.75. The van der Waals surface area contributed by atoms with Crippen molar-refractivity contribution in [3.8, 4) is 34.3 Å². The highest BCUT2D eigenvalue weighted by molar-refractivity contribution is 5.91. The highest BCUT2D eigenvalue weighted by Crippen LogP contribution is 2.42. The first-order valence-corrected chi connectivity index (χ1v) is 11.4. The summed E-state index contributed by atoms with van der Waals surface area (Å²) in [6.07, 6.45) is -4.19. The molecule has 4 N–H and O–H groups in total. The first-order valence-electron chi connectivity index (χ1n) is 11.4. The number of aliphatic hydroxyl groups excluding tert-OH is 4. The van der Waals surface area contributed by atoms with Crippen LogP contribution in [0.5, 0.6) is 23.0 Å². The van der Waals surface area contributed by atoms with E-state index in [1.807, 2.05) is 24.4 Å². The van der Waals surface area contributed by atoms with Crippen LogP contribution in [-0.2, 0) is 17.7 Å². The molecule has 192 valence electrons. The summed E-state index contributed by atoms with van der Waals surface area (Å²) in [5.41, 5.74) is 3.26. The first kappa shape index (κ1) is 24.8. The van der Waals surface area contributed by atoms with Gasteiger partial charge in [-0.1, -0.05) is 0 Å². The minimum Gasteiger partial charge on any atom is -1.00 e. The number of hydrogen-bond acceptors (Lipinski definition) is 9. The zero-order valence-electron chi connectivity index (χ0n) is 19.3. The molecule has 1 unspecified atom stereocenters. The monoisotopic (exact) mass is 519 g/mol. The lowest BCUT2D eigenvalue weighted by Crippen LogP contribution is -3.00. The Kier molecular flexibility index (Phi) is 6.58. The fourth-order valence-electron chi connectivity index (χ4n) is 4.96. The Bertz CT molecular complexity index is 1300. The van der Waals surface area contributed by atoms with Crippen molar-refractivity contribution >= 4 is 10.8 Å². The molecular weight excluding hydrogens is 494 g/mol. The number of benzene rings is 2. The first-order chi connectivity index (χ1) is 17.0. The van der Waals surface area contributed by atoms with E-state index in [9.17, 15) is 20.4 Å². The van der Waals surface area contributed by atoms with Gasteiger partial charge < -0.3 is 56.5 Å². The van der Waals surface area contributed by atoms with Crippen molar-refractivity contribution in [3.05, 3.63) is 42.1 Å². The van der Waals surface area contributed by atoms with E-state index in [0.717, 1.165) is 41.1 Å². The van der Waals surface area contributed by atoms with Crippen LogP contribution in [0, 0.1) is 0 Å². The Morgan fingerprint density at radius 2 is 1.81 bits per heavy atom. The Balaban J connectivity index is 0.00000267. The molecule has 0 spiro atoms. The van der Waals surface area contributed by atoms with Crippen molar-refractivity contribution in [2.45, 2.75) is 43.7 Å². The van der Waals surface area contributed by atoms with Gasteiger partial charge in [-0.15, -0.1) is 0 Å². The van der Waals surface area contributed by atoms with Gasteiger partial charge in [0.1, 0.15) is 24.4 Å². The summed E-state index contributed by atoms with van der Waals surface area (Å²) >= 11 is 0. The topological polar surface area (TPSA) is 131 Å². The summed E-state index contributed by atoms with van der Waals surface area (Å²) in [5, 5.41) is 41.8. The zero-order chi connectivity index (χ0) is 24.3. The van der Waals surface area contributed by atoms with Crippen LogP contribution in [0.4, 0.5) is 0 Å². The van der Waals surface area contributed by atoms with E-state index in [4.69, 9.17) is 23.7 Å². The average Bonchev–Trinajstić information content (AvgIpc) is 3.34. The van der Waals surface area contributed by atoms with Crippen LogP contribution in [0.3, 0.4) is 0 Å². The second kappa shape index (κ2) is 9.55. The summed E-state index contributed by atoms with van der Waals surface area (Å²) in [7, 11) is 1.51. The van der Waals surface area contributed by atoms with Gasteiger partial charge in [0.05, 0.1) is 24.7 Å². The molecule has 3 aromatic rings. The van der Waals surface area contributed by atoms with E-state index in [2.05, 4.69) is 10.6 Å². The Hall–Kier alpha value is -2.86. The van der Waals surface area contributed by atoms with Gasteiger partial charge in [0, 0.05) is 12.5 Å². The van der Waals surface area contributed by atoms with Crippen LogP contribution < -0.4 is 35.9 Å². The number of methoxy groups -OCH3 is 1. The van der Waals surface area contributed by atoms with Crippen LogP contribution in [0.2, 0.25) is 0 Å². The highest BCUT2D eigenvalue weighted by atomic mass is 35.5. The molecular formula is C25H26ClNO9. The van der Waals surface area contributed by atoms with Crippen molar-refractivity contribution < 1.29 is 61.1 Å². The van der Waals surface area contributed by atoms with Gasteiger partial charge in [0.25, 0.3) is 0 Å². The number of nitrogens with zero attached hydrogens (tertiary/aromatic N) is 1. The van der Waals surface area contributed by atoms with Crippen molar-refractivity contribution in [3.63, 3.8) is 0 Å². The maximum absolute atomic E-state index is 10.5. The third kappa shape index (κ3) is 3.90. The van der Waals surface area contributed by atoms with Crippen LogP contribution in [0.25, 0.3) is 22.0 Å². The Morgan fingerprint density at radius 1 is 1.03 bits per heavy atom. The van der Waals surface area contributed by atoms with Crippen molar-refractivity contribution in [2.75, 3.05) is 20.5 Å². The molecule has 3 aliphatic rings. The molecule has 2 aromatic carbocycles. The number of aromatic nitrogens is 1. The highest BCUT2D eigenvalue weighted by Gasteiger charge is 2.45. The molecule has 4 heterocycles. The van der Waals surface area contributed by atoms with Gasteiger partial charge in [-0.05, 0) is 35.2 Å². The predicted octanol–water partition coefficient (Wildman–Crippen LogP) is -2.73. The van der Waals surface area contributed by atoms with Crippen molar-refractivity contribution in [2.24, 2.45) is 0 Å². The van der Waals surface area contributed by atoms with Gasteiger partial charge in [-0.2, -0.15) is 4.57 Å². The molecule has 3 aliphatic heterocycles. The number of fused-ring (bicyclic) bond motifs is 5. The molecule has 0 aliphatic carbocycles. The normalized spacial score (nSPS) is 26.1. The molecule has 0 radical (unpaired) electrons. The minimum atomic E-state index is -1.54. The minimum absolute atomic E-state index is 0. The van der Waals surface area contributed by atoms with Gasteiger partial charge in [-0.25, -0.2) is 0 Å². The molecule has 11 heteroatoms. The second-order valence-corrected chi connectivity index (χ2v) is 8.88. The van der Waals surface area contributed by atoms with E-state index < -0.39 is 37.3 Å². The number of aliphatic hydroxyl groups is 4. The molecule has 10 nitrogen and oxygen atoms in total. The predicted molar refractivity (Wildman–Crippen MR) is 120 cm³/mol. The lowest BCUT2D eigenvalue weighted by molar-refractivity contribution is -0.686. The second-order valence-electron chi connectivity index (χ2n) is 8.88. The number of ether oxygens (including phenoxy) is 5. The van der Waals surface area contributed by atoms with E-state index in [1.54, 1.807) is 6.07 Å². The molecule has 1 fully saturated rings. The maximum Gasteiger partial charge on any atom is 0.231 e. The Labute approximate surface area is 212 Å². The van der Waals surface area contributed by atoms with Crippen LogP contribution in [0.15, 0.2) is 36.5 Å². The molecule has 0 saturated carbocycles. The quantitative estimate of drug-likeness (QED) is 0.271. The standard InChI is InChI=1S/C25H26NO9.ClH/c1-31-17-3-2-12-6-16-14-8-19-18(32-11-33-19)7-13(14)4-5-26(16)9-15(12)24(17)35-25-23(30)22(29)21(28)20(10-27)34-25;/h2-3,6-9,20-23,25,27-30H,4-5,10-11H2,1H3;1H/q+1;/p-1/t20-,21-,22+,23-,25?;/m1./s1. The van der Waals surface area contributed by atoms with E-state index in [1.165, 1.54) is 12.7 Å². The van der Waals surface area contributed by atoms with Crippen molar-refractivity contribution in [1.82, 2.24) is 0 Å². The lowest BCUT2D eigenvalue weighted by atomic mass is 9.95. The molecule has 0 bridgehead atoms. The number of halogens is 1. The zero-order valence-corrected chi connectivity index (χ0v) is 20.1. The number of rotatable bonds is 4. The van der Waals surface area contributed by atoms with E-state index >= 15 is 0 Å². The number of hydrogen-bond donors (Lipinski definition) is 4. The van der Waals surface area contributed by atoms with Gasteiger partial charge >= 0.3 is 0 Å². The fraction of sp³-hybridized carbons (Fsp3) is 0.400. The van der Waals surface area contributed by atoms with Crippen LogP contribution in [0.1, 0.15) is 5.56 Å². The molecule has 0 amide bonds. The van der Waals surface area contributed by atoms with Gasteiger partial charge in [0.15, 0.2) is 35.7 Å². The number of aryl methyl sites for hydroxylation is 2. The summed E-state index contributed by atoms with van der Waals surface area (Å²) in [4.78, 5) is 0. The number of pyridine rings is 1. The summed E-state index contributed by atoms with van der Waals surface area (Å²) < 4.78 is 30.4. The fourth-order valence-corrected chi connectivity index (χ4v) is 4.96. The Morgan fingerprint density at radius 3 is 2.56 bits per heavy atom. The molecule has 5 atom stereocenters. The molecule has 1 aromatic heterocycles. The lowest BCUT2D eigenvalue weighted by Gasteiger charge is -2.39. The molecule has 1 saturated heterocycles. The van der Waals surface area contributed by atoms with Gasteiger partial charge in [0.2, 0.25) is 18.8 Å². The molecule has 36 heavy (non-hydrogen) atoms. The molecule has 6 rings (SSSR count). The van der Waals surface area contributed by atoms with Crippen LogP contribution >= 0.6 is 0 Å². The maximum atomic E-state index is 10.5. The summed E-state index contributed by atoms with van der Waals surface area (Å²) in [6.45, 7) is 0.404. The van der Waals surface area contributed by atoms with Gasteiger partial charge in [-0.3, -0.25) is 0 Å². The van der Waals surface area contributed by atoms with E-state index in [-0.39, 0.29) is 19.2 Å².